The van der Waals surface area contributed by atoms with Crippen LogP contribution < -0.4 is 4.74 Å². The first-order chi connectivity index (χ1) is 17.9. The maximum atomic E-state index is 11.7. The maximum absolute atomic E-state index is 11.7. The number of pyridine rings is 1. The van der Waals surface area contributed by atoms with Gasteiger partial charge < -0.3 is 19.3 Å². The van der Waals surface area contributed by atoms with Crippen molar-refractivity contribution in [1.82, 2.24) is 4.98 Å². The van der Waals surface area contributed by atoms with Gasteiger partial charge in [-0.2, -0.15) is 0 Å². The van der Waals surface area contributed by atoms with Crippen LogP contribution in [-0.2, 0) is 27.5 Å². The highest BCUT2D eigenvalue weighted by Gasteiger charge is 2.27. The van der Waals surface area contributed by atoms with E-state index in [9.17, 15) is 9.90 Å². The monoisotopic (exact) mass is 521 g/mol. The quantitative estimate of drug-likeness (QED) is 0.268. The summed E-state index contributed by atoms with van der Waals surface area (Å²) in [7, 11) is 0. The summed E-state index contributed by atoms with van der Waals surface area (Å²) in [6.45, 7) is 4.91. The average molecular weight is 522 g/mol. The number of benzene rings is 2. The molecule has 0 aliphatic heterocycles. The molecule has 194 valence electrons. The van der Waals surface area contributed by atoms with Crippen LogP contribution >= 0.6 is 11.6 Å². The van der Waals surface area contributed by atoms with Crippen molar-refractivity contribution in [3.05, 3.63) is 95.4 Å². The Kier molecular flexibility index (Phi) is 9.20. The molecule has 6 nitrogen and oxygen atoms in total. The van der Waals surface area contributed by atoms with Crippen LogP contribution in [0.1, 0.15) is 37.9 Å². The molecule has 3 aromatic rings. The van der Waals surface area contributed by atoms with E-state index >= 15 is 0 Å². The van der Waals surface area contributed by atoms with Crippen molar-refractivity contribution < 1.29 is 24.1 Å². The van der Waals surface area contributed by atoms with Gasteiger partial charge in [0.1, 0.15) is 18.1 Å². The number of nitrogens with zero attached hydrogens (tertiary/aromatic N) is 1. The number of carboxylic acids is 1. The molecule has 0 fully saturated rings. The van der Waals surface area contributed by atoms with Gasteiger partial charge in [-0.1, -0.05) is 62.4 Å². The number of carbonyl (C=O) groups is 1. The summed E-state index contributed by atoms with van der Waals surface area (Å²) in [5, 5.41) is 10.3. The fourth-order valence-corrected chi connectivity index (χ4v) is 4.41. The summed E-state index contributed by atoms with van der Waals surface area (Å²) in [5.41, 5.74) is 3.52. The summed E-state index contributed by atoms with van der Waals surface area (Å²) < 4.78 is 17.8. The zero-order valence-corrected chi connectivity index (χ0v) is 21.9. The van der Waals surface area contributed by atoms with Crippen LogP contribution in [0.15, 0.2) is 84.1 Å². The number of para-hydroxylation sites is 1. The highest BCUT2D eigenvalue weighted by Crippen LogP contribution is 2.28. The molecule has 1 aliphatic rings. The Hall–Kier alpha value is -3.35. The van der Waals surface area contributed by atoms with Crippen LogP contribution in [-0.4, -0.2) is 34.1 Å². The van der Waals surface area contributed by atoms with Gasteiger partial charge >= 0.3 is 5.97 Å². The lowest BCUT2D eigenvalue weighted by atomic mass is 10.0. The van der Waals surface area contributed by atoms with Gasteiger partial charge in [0.05, 0.1) is 29.8 Å². The average Bonchev–Trinajstić information content (AvgIpc) is 2.88. The third-order valence-electron chi connectivity index (χ3n) is 5.96. The second-order valence-electron chi connectivity index (χ2n) is 9.49. The lowest BCUT2D eigenvalue weighted by Crippen LogP contribution is -2.29. The molecule has 1 aromatic heterocycles. The number of allylic oxidation sites excluding steroid dienone is 2. The molecular weight excluding hydrogens is 490 g/mol. The van der Waals surface area contributed by atoms with E-state index in [1.807, 2.05) is 86.7 Å². The van der Waals surface area contributed by atoms with Gasteiger partial charge in [0.2, 0.25) is 0 Å². The molecule has 1 N–H and O–H groups in total. The summed E-state index contributed by atoms with van der Waals surface area (Å²) in [6, 6.07) is 19.8. The Balaban J connectivity index is 1.35. The third kappa shape index (κ3) is 7.57. The summed E-state index contributed by atoms with van der Waals surface area (Å²) >= 11 is 6.49. The van der Waals surface area contributed by atoms with E-state index in [4.69, 9.17) is 25.8 Å². The summed E-state index contributed by atoms with van der Waals surface area (Å²) in [6.07, 6.45) is 3.90. The zero-order valence-electron chi connectivity index (χ0n) is 21.1. The Labute approximate surface area is 222 Å². The van der Waals surface area contributed by atoms with Crippen LogP contribution in [0, 0.1) is 5.92 Å². The Morgan fingerprint density at radius 1 is 1.08 bits per heavy atom. The molecule has 4 rings (SSSR count). The molecule has 0 bridgehead atoms. The van der Waals surface area contributed by atoms with Gasteiger partial charge in [-0.15, -0.1) is 11.6 Å². The minimum atomic E-state index is -0.990. The highest BCUT2D eigenvalue weighted by molar-refractivity contribution is 6.22. The molecule has 0 saturated heterocycles. The van der Waals surface area contributed by atoms with E-state index in [0.29, 0.717) is 31.8 Å². The molecule has 2 aromatic carbocycles. The number of hydrogen-bond donors (Lipinski definition) is 1. The van der Waals surface area contributed by atoms with Crippen LogP contribution in [0.2, 0.25) is 0 Å². The number of carboxylic acid groups (broad SMARTS) is 1. The van der Waals surface area contributed by atoms with E-state index in [-0.39, 0.29) is 12.5 Å². The van der Waals surface area contributed by atoms with Crippen molar-refractivity contribution >= 4 is 28.5 Å². The van der Waals surface area contributed by atoms with Crippen LogP contribution in [0.4, 0.5) is 0 Å². The van der Waals surface area contributed by atoms with Crippen molar-refractivity contribution in [2.75, 3.05) is 6.61 Å². The molecule has 0 saturated carbocycles. The van der Waals surface area contributed by atoms with E-state index in [1.54, 1.807) is 0 Å². The normalized spacial score (nSPS) is 16.3. The number of alkyl halides is 1. The molecule has 7 heteroatoms. The lowest BCUT2D eigenvalue weighted by molar-refractivity contribution is -0.148. The van der Waals surface area contributed by atoms with Gasteiger partial charge in [-0.25, -0.2) is 9.78 Å². The number of aliphatic carboxylic acids is 1. The first kappa shape index (κ1) is 26.7. The van der Waals surface area contributed by atoms with Gasteiger partial charge in [0, 0.05) is 11.0 Å². The summed E-state index contributed by atoms with van der Waals surface area (Å²) in [4.78, 5) is 16.4. The number of ether oxygens (including phenoxy) is 3. The smallest absolute Gasteiger partial charge is 0.344 e. The Morgan fingerprint density at radius 3 is 2.73 bits per heavy atom. The highest BCUT2D eigenvalue weighted by atomic mass is 35.5. The fraction of sp³-hybridized carbons (Fsp3) is 0.333. The van der Waals surface area contributed by atoms with Crippen molar-refractivity contribution in [1.29, 1.82) is 0 Å². The molecule has 0 radical (unpaired) electrons. The number of halogens is 1. The molecule has 2 atom stereocenters. The number of rotatable bonds is 12. The topological polar surface area (TPSA) is 77.9 Å². The number of fused-ring (bicyclic) bond motifs is 1. The minimum Gasteiger partial charge on any atom is -0.487 e. The summed E-state index contributed by atoms with van der Waals surface area (Å²) in [5.74, 6) is 0.407. The van der Waals surface area contributed by atoms with Crippen LogP contribution in [0.25, 0.3) is 10.9 Å². The largest absolute Gasteiger partial charge is 0.487 e. The van der Waals surface area contributed by atoms with Crippen molar-refractivity contribution in [2.45, 2.75) is 51.4 Å². The van der Waals surface area contributed by atoms with E-state index in [1.165, 1.54) is 0 Å². The fourth-order valence-electron chi connectivity index (χ4n) is 4.12. The molecule has 2 unspecified atom stereocenters. The molecular formula is C30H32ClNO5. The SMILES string of the molecule is CC(C)CC(OC1=C(COCc2cccc(OCc3ccc4ccccc4n3)c2)C=CCC1Cl)C(=O)O. The second kappa shape index (κ2) is 12.7. The predicted octanol–water partition coefficient (Wildman–Crippen LogP) is 6.67. The molecule has 37 heavy (non-hydrogen) atoms. The first-order valence-electron chi connectivity index (χ1n) is 12.5. The first-order valence-corrected chi connectivity index (χ1v) is 12.9. The molecule has 0 spiro atoms. The van der Waals surface area contributed by atoms with E-state index < -0.39 is 17.5 Å². The van der Waals surface area contributed by atoms with Gasteiger partial charge in [0.15, 0.2) is 6.10 Å². The van der Waals surface area contributed by atoms with Crippen molar-refractivity contribution in [2.24, 2.45) is 5.92 Å². The van der Waals surface area contributed by atoms with E-state index in [0.717, 1.165) is 33.5 Å². The Bertz CT molecular complexity index is 1290. The molecule has 1 aliphatic carbocycles. The standard InChI is InChI=1S/C30H32ClNO5/c1-20(2)15-28(30(33)34)37-29-23(9-6-11-26(29)31)18-35-17-21-7-5-10-25(16-21)36-19-24-14-13-22-8-3-4-12-27(22)32-24/h3-10,12-14,16,20,26,28H,11,15,17-19H2,1-2H3,(H,33,34). The lowest BCUT2D eigenvalue weighted by Gasteiger charge is -2.25. The number of hydrogen-bond acceptors (Lipinski definition) is 5. The molecule has 0 amide bonds. The van der Waals surface area contributed by atoms with Gasteiger partial charge in [-0.3, -0.25) is 0 Å². The van der Waals surface area contributed by atoms with Gasteiger partial charge in [-0.05, 0) is 48.6 Å². The zero-order chi connectivity index (χ0) is 26.2. The minimum absolute atomic E-state index is 0.181. The predicted molar refractivity (Wildman–Crippen MR) is 145 cm³/mol. The van der Waals surface area contributed by atoms with Crippen molar-refractivity contribution in [3.63, 3.8) is 0 Å². The van der Waals surface area contributed by atoms with E-state index in [2.05, 4.69) is 4.98 Å². The van der Waals surface area contributed by atoms with Crippen molar-refractivity contribution in [3.8, 4) is 5.75 Å². The second-order valence-corrected chi connectivity index (χ2v) is 10.0. The number of aromatic nitrogens is 1. The third-order valence-corrected chi connectivity index (χ3v) is 6.34. The molecule has 1 heterocycles. The van der Waals surface area contributed by atoms with Crippen LogP contribution in [0.5, 0.6) is 5.75 Å². The maximum Gasteiger partial charge on any atom is 0.344 e. The Morgan fingerprint density at radius 2 is 1.92 bits per heavy atom. The van der Waals surface area contributed by atoms with Crippen LogP contribution in [0.3, 0.4) is 0 Å². The van der Waals surface area contributed by atoms with Gasteiger partial charge in [0.25, 0.3) is 0 Å².